The summed E-state index contributed by atoms with van der Waals surface area (Å²) in [5, 5.41) is 20.3. The summed E-state index contributed by atoms with van der Waals surface area (Å²) in [7, 11) is 0. The maximum Gasteiger partial charge on any atom is 0.303 e. The van der Waals surface area contributed by atoms with Crippen LogP contribution < -0.4 is 5.32 Å². The van der Waals surface area contributed by atoms with Gasteiger partial charge in [0.15, 0.2) is 0 Å². The Balaban J connectivity index is 2.15. The molecule has 1 aliphatic rings. The quantitative estimate of drug-likeness (QED) is 0.608. The zero-order valence-corrected chi connectivity index (χ0v) is 8.77. The van der Waals surface area contributed by atoms with Crippen molar-refractivity contribution < 1.29 is 19.8 Å². The molecule has 0 bridgehead atoms. The lowest BCUT2D eigenvalue weighted by atomic mass is 9.89. The number of aliphatic hydroxyl groups excluding tert-OH is 1. The maximum atomic E-state index is 11.4. The molecule has 5 nitrogen and oxygen atoms in total. The second kappa shape index (κ2) is 5.11. The highest BCUT2D eigenvalue weighted by Gasteiger charge is 2.28. The molecule has 1 amide bonds. The van der Waals surface area contributed by atoms with E-state index in [0.717, 1.165) is 0 Å². The van der Waals surface area contributed by atoms with Gasteiger partial charge in [-0.3, -0.25) is 9.59 Å². The third kappa shape index (κ3) is 4.29. The van der Waals surface area contributed by atoms with Crippen LogP contribution in [-0.2, 0) is 9.59 Å². The predicted molar refractivity (Wildman–Crippen MR) is 53.2 cm³/mol. The van der Waals surface area contributed by atoms with Gasteiger partial charge in [-0.25, -0.2) is 0 Å². The molecule has 1 fully saturated rings. The fraction of sp³-hybridized carbons (Fsp3) is 0.800. The lowest BCUT2D eigenvalue weighted by Crippen LogP contribution is -2.47. The number of aliphatic carboxylic acids is 1. The van der Waals surface area contributed by atoms with Gasteiger partial charge in [0.25, 0.3) is 0 Å². The minimum atomic E-state index is -0.880. The number of amides is 1. The van der Waals surface area contributed by atoms with E-state index in [0.29, 0.717) is 12.8 Å². The zero-order valence-electron chi connectivity index (χ0n) is 8.77. The van der Waals surface area contributed by atoms with E-state index in [9.17, 15) is 9.59 Å². The van der Waals surface area contributed by atoms with Crippen LogP contribution >= 0.6 is 0 Å². The van der Waals surface area contributed by atoms with Crippen LogP contribution in [0.1, 0.15) is 32.6 Å². The summed E-state index contributed by atoms with van der Waals surface area (Å²) in [6.07, 6.45) is 1.18. The second-order valence-corrected chi connectivity index (χ2v) is 4.30. The smallest absolute Gasteiger partial charge is 0.303 e. The standard InChI is InChI=1S/C10H17NO4/c1-6(3-10(14)15)2-9(13)11-7-4-8(12)5-7/h6-8,12H,2-5H2,1H3,(H,11,13)(H,14,15). The monoisotopic (exact) mass is 215 g/mol. The highest BCUT2D eigenvalue weighted by Crippen LogP contribution is 2.19. The average Bonchev–Trinajstić information content (AvgIpc) is 1.98. The van der Waals surface area contributed by atoms with Gasteiger partial charge in [0, 0.05) is 18.9 Å². The number of hydrogen-bond acceptors (Lipinski definition) is 3. The first-order valence-corrected chi connectivity index (χ1v) is 5.16. The summed E-state index contributed by atoms with van der Waals surface area (Å²) >= 11 is 0. The van der Waals surface area contributed by atoms with E-state index in [2.05, 4.69) is 5.32 Å². The Morgan fingerprint density at radius 1 is 1.40 bits per heavy atom. The Morgan fingerprint density at radius 2 is 2.00 bits per heavy atom. The number of hydrogen-bond donors (Lipinski definition) is 3. The summed E-state index contributed by atoms with van der Waals surface area (Å²) in [5.41, 5.74) is 0. The molecule has 0 aliphatic heterocycles. The fourth-order valence-corrected chi connectivity index (χ4v) is 1.68. The van der Waals surface area contributed by atoms with Crippen molar-refractivity contribution in [3.05, 3.63) is 0 Å². The van der Waals surface area contributed by atoms with Crippen LogP contribution in [0.4, 0.5) is 0 Å². The van der Waals surface area contributed by atoms with Crippen molar-refractivity contribution >= 4 is 11.9 Å². The van der Waals surface area contributed by atoms with E-state index in [1.165, 1.54) is 0 Å². The third-order valence-corrected chi connectivity index (χ3v) is 2.54. The molecule has 1 aliphatic carbocycles. The van der Waals surface area contributed by atoms with Crippen LogP contribution in [0.15, 0.2) is 0 Å². The lowest BCUT2D eigenvalue weighted by Gasteiger charge is -2.32. The van der Waals surface area contributed by atoms with E-state index in [1.54, 1.807) is 6.92 Å². The predicted octanol–water partition coefficient (Wildman–Crippen LogP) is 0.127. The number of rotatable bonds is 5. The minimum Gasteiger partial charge on any atom is -0.481 e. The Morgan fingerprint density at radius 3 is 2.47 bits per heavy atom. The molecule has 0 saturated heterocycles. The first-order valence-electron chi connectivity index (χ1n) is 5.16. The summed E-state index contributed by atoms with van der Waals surface area (Å²) < 4.78 is 0. The number of nitrogens with one attached hydrogen (secondary N) is 1. The van der Waals surface area contributed by atoms with Crippen molar-refractivity contribution in [2.24, 2.45) is 5.92 Å². The van der Waals surface area contributed by atoms with Gasteiger partial charge in [-0.1, -0.05) is 6.92 Å². The van der Waals surface area contributed by atoms with Crippen LogP contribution in [0.25, 0.3) is 0 Å². The van der Waals surface area contributed by atoms with E-state index >= 15 is 0 Å². The first-order chi connectivity index (χ1) is 6.97. The largest absolute Gasteiger partial charge is 0.481 e. The molecule has 1 rings (SSSR count). The van der Waals surface area contributed by atoms with Gasteiger partial charge in [0.2, 0.25) is 5.91 Å². The molecule has 15 heavy (non-hydrogen) atoms. The van der Waals surface area contributed by atoms with Crippen LogP contribution in [0.3, 0.4) is 0 Å². The summed E-state index contributed by atoms with van der Waals surface area (Å²) in [6, 6.07) is 0.0736. The molecular weight excluding hydrogens is 198 g/mol. The summed E-state index contributed by atoms with van der Waals surface area (Å²) in [4.78, 5) is 21.7. The van der Waals surface area contributed by atoms with Gasteiger partial charge in [-0.2, -0.15) is 0 Å². The molecule has 0 aromatic rings. The van der Waals surface area contributed by atoms with E-state index in [1.807, 2.05) is 0 Å². The van der Waals surface area contributed by atoms with Gasteiger partial charge in [-0.05, 0) is 18.8 Å². The first kappa shape index (κ1) is 12.0. The second-order valence-electron chi connectivity index (χ2n) is 4.30. The van der Waals surface area contributed by atoms with Crippen molar-refractivity contribution in [3.63, 3.8) is 0 Å². The van der Waals surface area contributed by atoms with E-state index in [4.69, 9.17) is 10.2 Å². The minimum absolute atomic E-state index is 0.0146. The van der Waals surface area contributed by atoms with E-state index in [-0.39, 0.29) is 36.8 Å². The van der Waals surface area contributed by atoms with Crippen molar-refractivity contribution in [1.29, 1.82) is 0 Å². The summed E-state index contributed by atoms with van der Waals surface area (Å²) in [6.45, 7) is 1.74. The van der Waals surface area contributed by atoms with Crippen LogP contribution in [0.2, 0.25) is 0 Å². The number of aliphatic hydroxyl groups is 1. The van der Waals surface area contributed by atoms with Crippen LogP contribution in [-0.4, -0.2) is 34.2 Å². The van der Waals surface area contributed by atoms with Gasteiger partial charge >= 0.3 is 5.97 Å². The normalized spacial score (nSPS) is 26.5. The molecular formula is C10H17NO4. The number of carbonyl (C=O) groups is 2. The number of carboxylic acid groups (broad SMARTS) is 1. The molecule has 0 aromatic carbocycles. The number of carboxylic acids is 1. The van der Waals surface area contributed by atoms with Crippen LogP contribution in [0.5, 0.6) is 0 Å². The van der Waals surface area contributed by atoms with Crippen molar-refractivity contribution in [2.45, 2.75) is 44.8 Å². The fourth-order valence-electron chi connectivity index (χ4n) is 1.68. The SMILES string of the molecule is CC(CC(=O)O)CC(=O)NC1CC(O)C1. The van der Waals surface area contributed by atoms with Gasteiger partial charge < -0.3 is 15.5 Å². The Hall–Kier alpha value is -1.10. The lowest BCUT2D eigenvalue weighted by molar-refractivity contribution is -0.138. The highest BCUT2D eigenvalue weighted by molar-refractivity contribution is 5.77. The van der Waals surface area contributed by atoms with Crippen molar-refractivity contribution in [2.75, 3.05) is 0 Å². The third-order valence-electron chi connectivity index (χ3n) is 2.54. The van der Waals surface area contributed by atoms with Gasteiger partial charge in [0.05, 0.1) is 6.10 Å². The molecule has 3 N–H and O–H groups in total. The Labute approximate surface area is 88.5 Å². The molecule has 5 heteroatoms. The summed E-state index contributed by atoms with van der Waals surface area (Å²) in [5.74, 6) is -1.15. The molecule has 1 saturated carbocycles. The zero-order chi connectivity index (χ0) is 11.4. The number of carbonyl (C=O) groups excluding carboxylic acids is 1. The molecule has 1 unspecified atom stereocenters. The van der Waals surface area contributed by atoms with Gasteiger partial charge in [0.1, 0.15) is 0 Å². The molecule has 0 heterocycles. The van der Waals surface area contributed by atoms with E-state index < -0.39 is 5.97 Å². The molecule has 86 valence electrons. The molecule has 0 spiro atoms. The Kier molecular flexibility index (Phi) is 4.08. The Bertz CT molecular complexity index is 248. The molecule has 0 radical (unpaired) electrons. The average molecular weight is 215 g/mol. The van der Waals surface area contributed by atoms with Crippen molar-refractivity contribution in [3.8, 4) is 0 Å². The van der Waals surface area contributed by atoms with Crippen LogP contribution in [0, 0.1) is 5.92 Å². The highest BCUT2D eigenvalue weighted by atomic mass is 16.4. The van der Waals surface area contributed by atoms with Gasteiger partial charge in [-0.15, -0.1) is 0 Å². The van der Waals surface area contributed by atoms with Crippen molar-refractivity contribution in [1.82, 2.24) is 5.32 Å². The molecule has 0 aromatic heterocycles. The maximum absolute atomic E-state index is 11.4. The topological polar surface area (TPSA) is 86.6 Å². The molecule has 1 atom stereocenters.